The lowest BCUT2D eigenvalue weighted by atomic mass is 9.92. The molecule has 2 rings (SSSR count). The van der Waals surface area contributed by atoms with Crippen molar-refractivity contribution in [3.05, 3.63) is 16.3 Å². The van der Waals surface area contributed by atoms with Gasteiger partial charge >= 0.3 is 5.69 Å². The number of nitro groups is 1. The summed E-state index contributed by atoms with van der Waals surface area (Å²) in [6, 6.07) is 0. The summed E-state index contributed by atoms with van der Waals surface area (Å²) in [4.78, 5) is 12.8. The third kappa shape index (κ3) is 2.07. The number of hydrogen-bond acceptors (Lipinski definition) is 4. The van der Waals surface area contributed by atoms with E-state index in [2.05, 4.69) is 23.8 Å². The molecule has 1 saturated heterocycles. The molecule has 0 bridgehead atoms. The fraction of sp³-hybridized carbons (Fsp3) is 0.750. The SMILES string of the molecule is CC[C@@H]1CN(c2c([N+](=O)[O-])cnn2C)C[C@@H]1CC. The van der Waals surface area contributed by atoms with Gasteiger partial charge in [-0.2, -0.15) is 5.10 Å². The minimum atomic E-state index is -0.345. The summed E-state index contributed by atoms with van der Waals surface area (Å²) in [5.74, 6) is 1.91. The van der Waals surface area contributed by atoms with Gasteiger partial charge in [-0.1, -0.05) is 26.7 Å². The van der Waals surface area contributed by atoms with Crippen molar-refractivity contribution < 1.29 is 4.92 Å². The summed E-state index contributed by atoms with van der Waals surface area (Å²) in [6.45, 7) is 6.17. The molecule has 100 valence electrons. The zero-order chi connectivity index (χ0) is 13.3. The van der Waals surface area contributed by atoms with E-state index in [4.69, 9.17) is 0 Å². The van der Waals surface area contributed by atoms with Crippen LogP contribution in [-0.2, 0) is 7.05 Å². The van der Waals surface area contributed by atoms with Crippen LogP contribution < -0.4 is 4.90 Å². The lowest BCUT2D eigenvalue weighted by molar-refractivity contribution is -0.384. The zero-order valence-corrected chi connectivity index (χ0v) is 11.2. The van der Waals surface area contributed by atoms with Gasteiger partial charge in [0.2, 0.25) is 5.82 Å². The summed E-state index contributed by atoms with van der Waals surface area (Å²) in [6.07, 6.45) is 3.59. The summed E-state index contributed by atoms with van der Waals surface area (Å²) >= 11 is 0. The van der Waals surface area contributed by atoms with Crippen molar-refractivity contribution in [2.45, 2.75) is 26.7 Å². The first kappa shape index (κ1) is 12.9. The number of aryl methyl sites for hydroxylation is 1. The standard InChI is InChI=1S/C12H20N4O2/c1-4-9-7-15(8-10(9)5-2)12-11(16(17)18)6-13-14(12)3/h6,9-10H,4-5,7-8H2,1-3H3/t9-,10+. The molecule has 1 fully saturated rings. The van der Waals surface area contributed by atoms with Crippen LogP contribution in [0.5, 0.6) is 0 Å². The van der Waals surface area contributed by atoms with Crippen molar-refractivity contribution in [3.8, 4) is 0 Å². The minimum Gasteiger partial charge on any atom is -0.351 e. The summed E-state index contributed by atoms with van der Waals surface area (Å²) in [5, 5.41) is 15.0. The van der Waals surface area contributed by atoms with Crippen molar-refractivity contribution in [2.24, 2.45) is 18.9 Å². The highest BCUT2D eigenvalue weighted by atomic mass is 16.6. The first-order valence-electron chi connectivity index (χ1n) is 6.49. The highest BCUT2D eigenvalue weighted by Gasteiger charge is 2.35. The summed E-state index contributed by atoms with van der Waals surface area (Å²) in [7, 11) is 1.77. The second-order valence-corrected chi connectivity index (χ2v) is 4.98. The van der Waals surface area contributed by atoms with Crippen molar-refractivity contribution in [1.82, 2.24) is 9.78 Å². The molecule has 0 aromatic carbocycles. The molecule has 1 aromatic heterocycles. The van der Waals surface area contributed by atoms with Gasteiger partial charge in [-0.25, -0.2) is 4.68 Å². The van der Waals surface area contributed by atoms with Crippen molar-refractivity contribution >= 4 is 11.5 Å². The molecule has 0 amide bonds. The Labute approximate surface area is 107 Å². The Balaban J connectivity index is 2.28. The average Bonchev–Trinajstić information content (AvgIpc) is 2.91. The van der Waals surface area contributed by atoms with Crippen LogP contribution in [0.15, 0.2) is 6.20 Å². The first-order chi connectivity index (χ1) is 8.58. The minimum absolute atomic E-state index is 0.115. The van der Waals surface area contributed by atoms with Crippen LogP contribution in [0, 0.1) is 22.0 Å². The Morgan fingerprint density at radius 1 is 1.39 bits per heavy atom. The Morgan fingerprint density at radius 3 is 2.39 bits per heavy atom. The van der Waals surface area contributed by atoms with E-state index >= 15 is 0 Å². The van der Waals surface area contributed by atoms with E-state index in [1.165, 1.54) is 6.20 Å². The molecule has 0 aliphatic carbocycles. The second kappa shape index (κ2) is 4.96. The molecule has 1 aromatic rings. The lowest BCUT2D eigenvalue weighted by Crippen LogP contribution is -2.23. The summed E-state index contributed by atoms with van der Waals surface area (Å²) < 4.78 is 1.61. The molecule has 0 unspecified atom stereocenters. The van der Waals surface area contributed by atoms with Gasteiger partial charge in [0, 0.05) is 20.1 Å². The highest BCUT2D eigenvalue weighted by Crippen LogP contribution is 2.36. The molecular weight excluding hydrogens is 232 g/mol. The van der Waals surface area contributed by atoms with E-state index in [-0.39, 0.29) is 10.6 Å². The number of anilines is 1. The molecule has 1 aliphatic heterocycles. The van der Waals surface area contributed by atoms with Gasteiger partial charge < -0.3 is 4.90 Å². The van der Waals surface area contributed by atoms with E-state index in [0.717, 1.165) is 25.9 Å². The maximum Gasteiger partial charge on any atom is 0.331 e. The van der Waals surface area contributed by atoms with Crippen LogP contribution in [-0.4, -0.2) is 27.8 Å². The van der Waals surface area contributed by atoms with Gasteiger partial charge in [-0.3, -0.25) is 10.1 Å². The fourth-order valence-corrected chi connectivity index (χ4v) is 2.95. The quantitative estimate of drug-likeness (QED) is 0.608. The van der Waals surface area contributed by atoms with Crippen LogP contribution in [0.3, 0.4) is 0 Å². The number of rotatable bonds is 4. The largest absolute Gasteiger partial charge is 0.351 e. The van der Waals surface area contributed by atoms with Gasteiger partial charge in [-0.05, 0) is 11.8 Å². The van der Waals surface area contributed by atoms with Gasteiger partial charge in [-0.15, -0.1) is 0 Å². The maximum atomic E-state index is 11.0. The Morgan fingerprint density at radius 2 is 1.94 bits per heavy atom. The number of nitrogens with zero attached hydrogens (tertiary/aromatic N) is 4. The number of aromatic nitrogens is 2. The third-order valence-corrected chi connectivity index (χ3v) is 4.01. The molecule has 2 heterocycles. The van der Waals surface area contributed by atoms with E-state index < -0.39 is 0 Å². The molecular formula is C12H20N4O2. The smallest absolute Gasteiger partial charge is 0.331 e. The van der Waals surface area contributed by atoms with Gasteiger partial charge in [0.05, 0.1) is 4.92 Å². The van der Waals surface area contributed by atoms with Gasteiger partial charge in [0.15, 0.2) is 0 Å². The predicted octanol–water partition coefficient (Wildman–Crippen LogP) is 2.20. The molecule has 0 radical (unpaired) electrons. The number of hydrogen-bond donors (Lipinski definition) is 0. The molecule has 0 spiro atoms. The van der Waals surface area contributed by atoms with E-state index in [1.54, 1.807) is 11.7 Å². The van der Waals surface area contributed by atoms with Crippen molar-refractivity contribution in [3.63, 3.8) is 0 Å². The normalized spacial score (nSPS) is 23.6. The molecule has 0 saturated carbocycles. The van der Waals surface area contributed by atoms with E-state index in [1.807, 2.05) is 0 Å². The van der Waals surface area contributed by atoms with Crippen LogP contribution in [0.25, 0.3) is 0 Å². The molecule has 6 nitrogen and oxygen atoms in total. The topological polar surface area (TPSA) is 64.2 Å². The average molecular weight is 252 g/mol. The lowest BCUT2D eigenvalue weighted by Gasteiger charge is -2.17. The van der Waals surface area contributed by atoms with Crippen LogP contribution in [0.2, 0.25) is 0 Å². The van der Waals surface area contributed by atoms with E-state index in [0.29, 0.717) is 17.7 Å². The molecule has 1 aliphatic rings. The van der Waals surface area contributed by atoms with Gasteiger partial charge in [0.1, 0.15) is 6.20 Å². The fourth-order valence-electron chi connectivity index (χ4n) is 2.95. The second-order valence-electron chi connectivity index (χ2n) is 4.98. The summed E-state index contributed by atoms with van der Waals surface area (Å²) in [5.41, 5.74) is 0.115. The van der Waals surface area contributed by atoms with Crippen LogP contribution in [0.4, 0.5) is 11.5 Å². The zero-order valence-electron chi connectivity index (χ0n) is 11.2. The molecule has 0 N–H and O–H groups in total. The monoisotopic (exact) mass is 252 g/mol. The van der Waals surface area contributed by atoms with Gasteiger partial charge in [0.25, 0.3) is 0 Å². The van der Waals surface area contributed by atoms with Crippen molar-refractivity contribution in [2.75, 3.05) is 18.0 Å². The van der Waals surface area contributed by atoms with Crippen LogP contribution in [0.1, 0.15) is 26.7 Å². The van der Waals surface area contributed by atoms with E-state index in [9.17, 15) is 10.1 Å². The Hall–Kier alpha value is -1.59. The highest BCUT2D eigenvalue weighted by molar-refractivity contribution is 5.58. The Bertz CT molecular complexity index is 431. The first-order valence-corrected chi connectivity index (χ1v) is 6.49. The molecule has 18 heavy (non-hydrogen) atoms. The maximum absolute atomic E-state index is 11.0. The van der Waals surface area contributed by atoms with Crippen LogP contribution >= 0.6 is 0 Å². The third-order valence-electron chi connectivity index (χ3n) is 4.01. The van der Waals surface area contributed by atoms with Crippen molar-refractivity contribution in [1.29, 1.82) is 0 Å². The molecule has 2 atom stereocenters. The Kier molecular flexibility index (Phi) is 3.54. The predicted molar refractivity (Wildman–Crippen MR) is 69.6 cm³/mol. The molecule has 6 heteroatoms.